The van der Waals surface area contributed by atoms with Crippen molar-refractivity contribution in [2.24, 2.45) is 0 Å². The maximum absolute atomic E-state index is 12.2. The number of carbonyl (C=O) groups is 2. The molecule has 1 atom stereocenters. The van der Waals surface area contributed by atoms with E-state index >= 15 is 0 Å². The molecule has 0 bridgehead atoms. The predicted octanol–water partition coefficient (Wildman–Crippen LogP) is 2.67. The number of benzene rings is 1. The molecule has 1 aliphatic rings. The first kappa shape index (κ1) is 20.1. The summed E-state index contributed by atoms with van der Waals surface area (Å²) >= 11 is 0. The van der Waals surface area contributed by atoms with Crippen molar-refractivity contribution in [1.82, 2.24) is 10.2 Å². The van der Waals surface area contributed by atoms with Crippen LogP contribution in [0.2, 0.25) is 0 Å². The fourth-order valence-corrected chi connectivity index (χ4v) is 3.06. The highest BCUT2D eigenvalue weighted by Crippen LogP contribution is 2.34. The monoisotopic (exact) mass is 361 g/mol. The average Bonchev–Trinajstić information content (AvgIpc) is 2.63. The summed E-state index contributed by atoms with van der Waals surface area (Å²) in [6.07, 6.45) is 4.96. The zero-order valence-corrected chi connectivity index (χ0v) is 16.4. The van der Waals surface area contributed by atoms with Crippen molar-refractivity contribution < 1.29 is 14.3 Å². The van der Waals surface area contributed by atoms with E-state index in [4.69, 9.17) is 4.74 Å². The third-order valence-corrected chi connectivity index (χ3v) is 4.74. The molecule has 2 amide bonds. The van der Waals surface area contributed by atoms with Gasteiger partial charge in [0.2, 0.25) is 5.91 Å². The number of hydrogen-bond acceptors (Lipinski definition) is 4. The number of nitrogens with zero attached hydrogens (tertiary/aromatic N) is 2. The summed E-state index contributed by atoms with van der Waals surface area (Å²) in [4.78, 5) is 28.0. The molecule has 0 fully saturated rings. The fourth-order valence-electron chi connectivity index (χ4n) is 3.06. The van der Waals surface area contributed by atoms with Crippen LogP contribution in [0.4, 0.5) is 5.69 Å². The lowest BCUT2D eigenvalue weighted by Gasteiger charge is -2.35. The fraction of sp³-hybridized carbons (Fsp3) is 0.600. The van der Waals surface area contributed by atoms with E-state index < -0.39 is 0 Å². The van der Waals surface area contributed by atoms with Crippen molar-refractivity contribution in [2.45, 2.75) is 45.1 Å². The number of carbonyl (C=O) groups excluding carboxylic acids is 2. The number of unbranched alkanes of at least 4 members (excludes halogenated alkanes) is 3. The summed E-state index contributed by atoms with van der Waals surface area (Å²) in [5.74, 6) is 0.748. The number of ether oxygens (including phenoxy) is 1. The highest BCUT2D eigenvalue weighted by molar-refractivity contribution is 5.95. The van der Waals surface area contributed by atoms with Crippen LogP contribution >= 0.6 is 0 Å². The van der Waals surface area contributed by atoms with E-state index in [1.165, 1.54) is 12.8 Å². The van der Waals surface area contributed by atoms with Gasteiger partial charge in [-0.3, -0.25) is 9.59 Å². The summed E-state index contributed by atoms with van der Waals surface area (Å²) in [6.45, 7) is 3.37. The van der Waals surface area contributed by atoms with Crippen molar-refractivity contribution in [3.63, 3.8) is 0 Å². The van der Waals surface area contributed by atoms with Gasteiger partial charge in [0, 0.05) is 33.3 Å². The van der Waals surface area contributed by atoms with Crippen LogP contribution in [-0.2, 0) is 4.79 Å². The summed E-state index contributed by atoms with van der Waals surface area (Å²) in [5, 5.41) is 3.00. The standard InChI is InChI=1S/C20H31N3O3/c1-5-6-7-8-11-21-19(24)13-16-14-26-18-10-9-15(20(25)22(2)3)12-17(18)23(16)4/h9-10,12,16H,5-8,11,13-14H2,1-4H3,(H,21,24). The smallest absolute Gasteiger partial charge is 0.253 e. The first-order chi connectivity index (χ1) is 12.4. The summed E-state index contributed by atoms with van der Waals surface area (Å²) in [7, 11) is 5.41. The Labute approximate surface area is 156 Å². The minimum Gasteiger partial charge on any atom is -0.489 e. The van der Waals surface area contributed by atoms with Gasteiger partial charge in [0.1, 0.15) is 12.4 Å². The predicted molar refractivity (Wildman–Crippen MR) is 104 cm³/mol. The molecular weight excluding hydrogens is 330 g/mol. The molecule has 144 valence electrons. The lowest BCUT2D eigenvalue weighted by Crippen LogP contribution is -2.44. The van der Waals surface area contributed by atoms with Gasteiger partial charge in [-0.2, -0.15) is 0 Å². The molecule has 1 N–H and O–H groups in total. The Hall–Kier alpha value is -2.24. The van der Waals surface area contributed by atoms with Gasteiger partial charge in [-0.1, -0.05) is 26.2 Å². The maximum Gasteiger partial charge on any atom is 0.253 e. The molecular formula is C20H31N3O3. The van der Waals surface area contributed by atoms with Crippen LogP contribution in [0.25, 0.3) is 0 Å². The molecule has 0 radical (unpaired) electrons. The molecule has 1 aromatic carbocycles. The van der Waals surface area contributed by atoms with Gasteiger partial charge in [-0.15, -0.1) is 0 Å². The third kappa shape index (κ3) is 5.13. The molecule has 1 aliphatic heterocycles. The molecule has 2 rings (SSSR count). The quantitative estimate of drug-likeness (QED) is 0.723. The van der Waals surface area contributed by atoms with Crippen LogP contribution in [0.1, 0.15) is 49.4 Å². The van der Waals surface area contributed by atoms with Crippen molar-refractivity contribution in [3.8, 4) is 5.75 Å². The van der Waals surface area contributed by atoms with Crippen molar-refractivity contribution in [2.75, 3.05) is 39.2 Å². The van der Waals surface area contributed by atoms with Gasteiger partial charge in [0.15, 0.2) is 0 Å². The first-order valence-corrected chi connectivity index (χ1v) is 9.42. The van der Waals surface area contributed by atoms with E-state index in [0.717, 1.165) is 30.8 Å². The molecule has 0 saturated carbocycles. The van der Waals surface area contributed by atoms with E-state index in [0.29, 0.717) is 18.6 Å². The first-order valence-electron chi connectivity index (χ1n) is 9.42. The van der Waals surface area contributed by atoms with E-state index in [2.05, 4.69) is 12.2 Å². The molecule has 1 aromatic rings. The largest absolute Gasteiger partial charge is 0.489 e. The topological polar surface area (TPSA) is 61.9 Å². The number of amides is 2. The van der Waals surface area contributed by atoms with E-state index in [9.17, 15) is 9.59 Å². The average molecular weight is 361 g/mol. The Balaban J connectivity index is 1.95. The van der Waals surface area contributed by atoms with Crippen molar-refractivity contribution >= 4 is 17.5 Å². The van der Waals surface area contributed by atoms with Crippen molar-refractivity contribution in [3.05, 3.63) is 23.8 Å². The lowest BCUT2D eigenvalue weighted by molar-refractivity contribution is -0.121. The lowest BCUT2D eigenvalue weighted by atomic mass is 10.1. The molecule has 0 spiro atoms. The van der Waals surface area contributed by atoms with E-state index in [-0.39, 0.29) is 17.9 Å². The van der Waals surface area contributed by atoms with Gasteiger partial charge in [-0.25, -0.2) is 0 Å². The summed E-state index contributed by atoms with van der Waals surface area (Å²) in [6, 6.07) is 5.40. The third-order valence-electron chi connectivity index (χ3n) is 4.74. The maximum atomic E-state index is 12.2. The molecule has 1 heterocycles. The summed E-state index contributed by atoms with van der Waals surface area (Å²) in [5.41, 5.74) is 1.47. The second kappa shape index (κ2) is 9.46. The van der Waals surface area contributed by atoms with Gasteiger partial charge in [0.25, 0.3) is 5.91 Å². The van der Waals surface area contributed by atoms with Gasteiger partial charge in [-0.05, 0) is 24.6 Å². The zero-order chi connectivity index (χ0) is 19.1. The molecule has 6 heteroatoms. The number of fused-ring (bicyclic) bond motifs is 1. The SMILES string of the molecule is CCCCCCNC(=O)CC1COc2ccc(C(=O)N(C)C)cc2N1C. The number of likely N-dealkylation sites (N-methyl/N-ethyl adjacent to an activating group) is 1. The highest BCUT2D eigenvalue weighted by atomic mass is 16.5. The Morgan fingerprint density at radius 1 is 1.27 bits per heavy atom. The zero-order valence-electron chi connectivity index (χ0n) is 16.4. The van der Waals surface area contributed by atoms with Crippen LogP contribution in [0.5, 0.6) is 5.75 Å². The Bertz CT molecular complexity index is 631. The number of hydrogen-bond donors (Lipinski definition) is 1. The molecule has 0 saturated heterocycles. The Morgan fingerprint density at radius 3 is 2.73 bits per heavy atom. The molecule has 1 unspecified atom stereocenters. The van der Waals surface area contributed by atoms with Crippen LogP contribution in [0.15, 0.2) is 18.2 Å². The summed E-state index contributed by atoms with van der Waals surface area (Å²) < 4.78 is 5.81. The van der Waals surface area contributed by atoms with Crippen LogP contribution in [-0.4, -0.2) is 57.1 Å². The number of anilines is 1. The minimum atomic E-state index is -0.0480. The van der Waals surface area contributed by atoms with E-state index in [1.54, 1.807) is 25.1 Å². The molecule has 0 aliphatic carbocycles. The number of rotatable bonds is 8. The molecule has 6 nitrogen and oxygen atoms in total. The Morgan fingerprint density at radius 2 is 2.04 bits per heavy atom. The second-order valence-electron chi connectivity index (χ2n) is 7.07. The van der Waals surface area contributed by atoms with Crippen LogP contribution in [0.3, 0.4) is 0 Å². The van der Waals surface area contributed by atoms with Gasteiger partial charge in [0.05, 0.1) is 18.2 Å². The van der Waals surface area contributed by atoms with Gasteiger partial charge >= 0.3 is 0 Å². The van der Waals surface area contributed by atoms with Crippen LogP contribution < -0.4 is 15.0 Å². The number of nitrogens with one attached hydrogen (secondary N) is 1. The molecule has 26 heavy (non-hydrogen) atoms. The van der Waals surface area contributed by atoms with Gasteiger partial charge < -0.3 is 19.9 Å². The normalized spacial score (nSPS) is 15.8. The molecule has 0 aromatic heterocycles. The van der Waals surface area contributed by atoms with Crippen molar-refractivity contribution in [1.29, 1.82) is 0 Å². The minimum absolute atomic E-state index is 0.0390. The second-order valence-corrected chi connectivity index (χ2v) is 7.07. The highest BCUT2D eigenvalue weighted by Gasteiger charge is 2.27. The van der Waals surface area contributed by atoms with Crippen LogP contribution in [0, 0.1) is 0 Å². The van der Waals surface area contributed by atoms with E-state index in [1.807, 2.05) is 24.1 Å². The Kier molecular flexibility index (Phi) is 7.30.